The molecule has 6 heteroatoms. The highest BCUT2D eigenvalue weighted by Crippen LogP contribution is 2.26. The van der Waals surface area contributed by atoms with E-state index in [4.69, 9.17) is 5.73 Å². The zero-order chi connectivity index (χ0) is 14.8. The first-order valence-corrected chi connectivity index (χ1v) is 7.39. The number of likely N-dealkylation sites (tertiary alicyclic amines) is 1. The third kappa shape index (κ3) is 2.79. The molecule has 3 rings (SSSR count). The van der Waals surface area contributed by atoms with E-state index in [1.54, 1.807) is 0 Å². The van der Waals surface area contributed by atoms with Crippen LogP contribution in [0.2, 0.25) is 0 Å². The lowest BCUT2D eigenvalue weighted by Crippen LogP contribution is -2.45. The molecule has 6 nitrogen and oxygen atoms in total. The van der Waals surface area contributed by atoms with E-state index in [1.165, 1.54) is 10.5 Å². The van der Waals surface area contributed by atoms with Gasteiger partial charge in [-0.05, 0) is 49.4 Å². The Bertz CT molecular complexity index is 573. The van der Waals surface area contributed by atoms with Crippen molar-refractivity contribution in [2.45, 2.75) is 31.7 Å². The van der Waals surface area contributed by atoms with Gasteiger partial charge in [-0.15, -0.1) is 0 Å². The first-order chi connectivity index (χ1) is 10.1. The normalized spacial score (nSPS) is 20.6. The van der Waals surface area contributed by atoms with Crippen molar-refractivity contribution in [2.75, 3.05) is 23.7 Å². The van der Waals surface area contributed by atoms with Crippen molar-refractivity contribution in [1.82, 2.24) is 4.90 Å². The molecule has 0 radical (unpaired) electrons. The molecule has 2 aliphatic heterocycles. The fraction of sp³-hybridized carbons (Fsp3) is 0.467. The van der Waals surface area contributed by atoms with Gasteiger partial charge in [0, 0.05) is 24.5 Å². The second-order valence-electron chi connectivity index (χ2n) is 5.58. The minimum atomic E-state index is -0.526. The number of carbonyl (C=O) groups excluding carboxylic acids is 2. The average molecular weight is 288 g/mol. The summed E-state index contributed by atoms with van der Waals surface area (Å²) in [5.41, 5.74) is 8.44. The molecule has 0 saturated carbocycles. The van der Waals surface area contributed by atoms with Crippen LogP contribution < -0.4 is 16.4 Å². The van der Waals surface area contributed by atoms with Crippen molar-refractivity contribution in [2.24, 2.45) is 5.73 Å². The summed E-state index contributed by atoms with van der Waals surface area (Å²) in [6.45, 7) is 1.55. The quantitative estimate of drug-likeness (QED) is 0.771. The van der Waals surface area contributed by atoms with Crippen LogP contribution in [0.15, 0.2) is 18.2 Å². The van der Waals surface area contributed by atoms with Crippen molar-refractivity contribution in [3.05, 3.63) is 23.8 Å². The van der Waals surface area contributed by atoms with Crippen molar-refractivity contribution < 1.29 is 9.59 Å². The number of urea groups is 1. The van der Waals surface area contributed by atoms with Crippen molar-refractivity contribution in [1.29, 1.82) is 0 Å². The van der Waals surface area contributed by atoms with E-state index in [-0.39, 0.29) is 5.91 Å². The molecule has 112 valence electrons. The molecule has 0 bridgehead atoms. The van der Waals surface area contributed by atoms with Gasteiger partial charge in [-0.3, -0.25) is 4.79 Å². The van der Waals surface area contributed by atoms with Gasteiger partial charge in [0.05, 0.1) is 0 Å². The highest BCUT2D eigenvalue weighted by Gasteiger charge is 2.33. The van der Waals surface area contributed by atoms with Gasteiger partial charge >= 0.3 is 6.03 Å². The Balaban J connectivity index is 1.71. The maximum Gasteiger partial charge on any atom is 0.315 e. The molecular weight excluding hydrogens is 268 g/mol. The molecule has 3 amide bonds. The maximum atomic E-state index is 12.3. The number of benzene rings is 1. The Kier molecular flexibility index (Phi) is 3.68. The van der Waals surface area contributed by atoms with Crippen LogP contribution in [0.25, 0.3) is 0 Å². The molecule has 0 spiro atoms. The second kappa shape index (κ2) is 5.63. The van der Waals surface area contributed by atoms with Crippen LogP contribution in [0, 0.1) is 0 Å². The smallest absolute Gasteiger partial charge is 0.315 e. The summed E-state index contributed by atoms with van der Waals surface area (Å²) < 4.78 is 0. The predicted octanol–water partition coefficient (Wildman–Crippen LogP) is 1.53. The zero-order valence-corrected chi connectivity index (χ0v) is 11.9. The van der Waals surface area contributed by atoms with Gasteiger partial charge in [-0.1, -0.05) is 0 Å². The topological polar surface area (TPSA) is 87.5 Å². The summed E-state index contributed by atoms with van der Waals surface area (Å²) >= 11 is 0. The lowest BCUT2D eigenvalue weighted by molar-refractivity contribution is -0.119. The molecule has 4 N–H and O–H groups in total. The SMILES string of the molecule is NC(=O)N1CCC[C@H]1C(=O)Nc1ccc2c(c1)CCCN2. The minimum absolute atomic E-state index is 0.157. The third-order valence-corrected chi connectivity index (χ3v) is 4.15. The summed E-state index contributed by atoms with van der Waals surface area (Å²) in [7, 11) is 0. The highest BCUT2D eigenvalue weighted by atomic mass is 16.2. The molecule has 0 aromatic heterocycles. The number of hydrogen-bond donors (Lipinski definition) is 3. The van der Waals surface area contributed by atoms with Crippen LogP contribution in [0.3, 0.4) is 0 Å². The minimum Gasteiger partial charge on any atom is -0.385 e. The third-order valence-electron chi connectivity index (χ3n) is 4.15. The lowest BCUT2D eigenvalue weighted by atomic mass is 10.0. The number of amides is 3. The van der Waals surface area contributed by atoms with Gasteiger partial charge in [0.1, 0.15) is 6.04 Å². The molecule has 1 fully saturated rings. The summed E-state index contributed by atoms with van der Waals surface area (Å²) in [6, 6.07) is 4.91. The zero-order valence-electron chi connectivity index (χ0n) is 11.9. The monoisotopic (exact) mass is 288 g/mol. The van der Waals surface area contributed by atoms with Crippen LogP contribution in [0.1, 0.15) is 24.8 Å². The summed E-state index contributed by atoms with van der Waals surface area (Å²) in [4.78, 5) is 25.1. The molecular formula is C15H20N4O2. The second-order valence-corrected chi connectivity index (χ2v) is 5.58. The van der Waals surface area contributed by atoms with Crippen LogP contribution in [0.5, 0.6) is 0 Å². The van der Waals surface area contributed by atoms with E-state index >= 15 is 0 Å². The van der Waals surface area contributed by atoms with Crippen molar-refractivity contribution in [3.8, 4) is 0 Å². The van der Waals surface area contributed by atoms with E-state index in [0.717, 1.165) is 37.2 Å². The largest absolute Gasteiger partial charge is 0.385 e. The first kappa shape index (κ1) is 13.7. The number of nitrogens with zero attached hydrogens (tertiary/aromatic N) is 1. The Morgan fingerprint density at radius 3 is 3.00 bits per heavy atom. The number of aryl methyl sites for hydroxylation is 1. The molecule has 0 unspecified atom stereocenters. The maximum absolute atomic E-state index is 12.3. The average Bonchev–Trinajstić information content (AvgIpc) is 2.97. The number of carbonyl (C=O) groups is 2. The lowest BCUT2D eigenvalue weighted by Gasteiger charge is -2.23. The number of nitrogens with two attached hydrogens (primary N) is 1. The van der Waals surface area contributed by atoms with Gasteiger partial charge in [-0.2, -0.15) is 0 Å². The summed E-state index contributed by atoms with van der Waals surface area (Å²) in [5, 5.41) is 6.24. The predicted molar refractivity (Wildman–Crippen MR) is 81.2 cm³/mol. The summed E-state index contributed by atoms with van der Waals surface area (Å²) in [5.74, 6) is -0.157. The van der Waals surface area contributed by atoms with Crippen molar-refractivity contribution in [3.63, 3.8) is 0 Å². The van der Waals surface area contributed by atoms with Crippen LogP contribution >= 0.6 is 0 Å². The molecule has 2 aliphatic rings. The Hall–Kier alpha value is -2.24. The van der Waals surface area contributed by atoms with Gasteiger partial charge < -0.3 is 21.3 Å². The molecule has 1 aromatic rings. The van der Waals surface area contributed by atoms with E-state index < -0.39 is 12.1 Å². The molecule has 2 heterocycles. The van der Waals surface area contributed by atoms with E-state index in [9.17, 15) is 9.59 Å². The van der Waals surface area contributed by atoms with E-state index in [2.05, 4.69) is 10.6 Å². The number of fused-ring (bicyclic) bond motifs is 1. The Morgan fingerprint density at radius 1 is 1.33 bits per heavy atom. The van der Waals surface area contributed by atoms with Crippen LogP contribution in [0.4, 0.5) is 16.2 Å². The molecule has 1 saturated heterocycles. The Morgan fingerprint density at radius 2 is 2.19 bits per heavy atom. The number of hydrogen-bond acceptors (Lipinski definition) is 3. The highest BCUT2D eigenvalue weighted by molar-refractivity contribution is 5.97. The van der Waals surface area contributed by atoms with Gasteiger partial charge in [0.15, 0.2) is 0 Å². The van der Waals surface area contributed by atoms with Gasteiger partial charge in [-0.25, -0.2) is 4.79 Å². The summed E-state index contributed by atoms with van der Waals surface area (Å²) in [6.07, 6.45) is 3.60. The van der Waals surface area contributed by atoms with E-state index in [1.807, 2.05) is 18.2 Å². The number of nitrogens with one attached hydrogen (secondary N) is 2. The van der Waals surface area contributed by atoms with Gasteiger partial charge in [0.2, 0.25) is 5.91 Å². The standard InChI is InChI=1S/C15H20N4O2/c16-15(21)19-8-2-4-13(19)14(20)18-11-5-6-12-10(9-11)3-1-7-17-12/h5-6,9,13,17H,1-4,7-8H2,(H2,16,21)(H,18,20)/t13-/m0/s1. The molecule has 0 aliphatic carbocycles. The van der Waals surface area contributed by atoms with Crippen LogP contribution in [-0.4, -0.2) is 36.0 Å². The molecule has 1 atom stereocenters. The number of rotatable bonds is 2. The number of primary amides is 1. The Labute approximate surface area is 123 Å². The fourth-order valence-electron chi connectivity index (χ4n) is 3.08. The molecule has 1 aromatic carbocycles. The van der Waals surface area contributed by atoms with Crippen molar-refractivity contribution >= 4 is 23.3 Å². The molecule has 21 heavy (non-hydrogen) atoms. The fourth-order valence-corrected chi connectivity index (χ4v) is 3.08. The van der Waals surface area contributed by atoms with Gasteiger partial charge in [0.25, 0.3) is 0 Å². The first-order valence-electron chi connectivity index (χ1n) is 7.39. The van der Waals surface area contributed by atoms with E-state index in [0.29, 0.717) is 13.0 Å². The van der Waals surface area contributed by atoms with Crippen LogP contribution in [-0.2, 0) is 11.2 Å². The number of anilines is 2.